The fourth-order valence-electron chi connectivity index (χ4n) is 2.81. The van der Waals surface area contributed by atoms with Gasteiger partial charge in [-0.15, -0.1) is 0 Å². The van der Waals surface area contributed by atoms with E-state index in [1.54, 1.807) is 30.3 Å². The van der Waals surface area contributed by atoms with E-state index in [0.717, 1.165) is 25.9 Å². The van der Waals surface area contributed by atoms with Crippen molar-refractivity contribution in [3.63, 3.8) is 0 Å². The van der Waals surface area contributed by atoms with E-state index in [1.807, 2.05) is 0 Å². The van der Waals surface area contributed by atoms with Gasteiger partial charge in [0, 0.05) is 23.6 Å². The van der Waals surface area contributed by atoms with Gasteiger partial charge in [0.1, 0.15) is 0 Å². The van der Waals surface area contributed by atoms with Crippen molar-refractivity contribution in [3.05, 3.63) is 47.2 Å². The molecule has 0 aromatic heterocycles. The maximum absolute atomic E-state index is 14.1. The summed E-state index contributed by atoms with van der Waals surface area (Å²) in [4.78, 5) is 0. The summed E-state index contributed by atoms with van der Waals surface area (Å²) in [7, 11) is 1.47. The number of nitrogens with one attached hydrogen (secondary N) is 1. The Balaban J connectivity index is 1.79. The Hall–Kier alpha value is -1.98. The maximum Gasteiger partial charge on any atom is 0.205 e. The predicted octanol–water partition coefficient (Wildman–Crippen LogP) is 4.66. The lowest BCUT2D eigenvalue weighted by molar-refractivity contribution is 0.212. The lowest BCUT2D eigenvalue weighted by atomic mass is 10.0. The quantitative estimate of drug-likeness (QED) is 0.808. The zero-order valence-electron chi connectivity index (χ0n) is 14.1. The summed E-state index contributed by atoms with van der Waals surface area (Å²) in [5.41, 5.74) is 0. The minimum absolute atomic E-state index is 0.0106. The van der Waals surface area contributed by atoms with Crippen LogP contribution in [0.3, 0.4) is 0 Å². The average molecular weight is 366 g/mol. The summed E-state index contributed by atoms with van der Waals surface area (Å²) in [6.45, 7) is 2.56. The standard InChI is InChI=1S/C19H21ClFNO3/c1-23-17-6-2-5-15(21)19(17)25-18-10-14(20)7-8-16(18)24-12-13-4-3-9-22-11-13/h2,5-8,10,13,22H,3-4,9,11-12H2,1H3. The predicted molar refractivity (Wildman–Crippen MR) is 95.6 cm³/mol. The van der Waals surface area contributed by atoms with Crippen molar-refractivity contribution in [1.82, 2.24) is 5.32 Å². The number of piperidine rings is 1. The van der Waals surface area contributed by atoms with Crippen LogP contribution in [0.25, 0.3) is 0 Å². The van der Waals surface area contributed by atoms with E-state index >= 15 is 0 Å². The highest BCUT2D eigenvalue weighted by molar-refractivity contribution is 6.30. The van der Waals surface area contributed by atoms with Crippen molar-refractivity contribution in [2.75, 3.05) is 26.8 Å². The molecule has 1 aliphatic rings. The van der Waals surface area contributed by atoms with E-state index in [0.29, 0.717) is 34.8 Å². The van der Waals surface area contributed by atoms with Crippen LogP contribution in [0.2, 0.25) is 5.02 Å². The fraction of sp³-hybridized carbons (Fsp3) is 0.368. The van der Waals surface area contributed by atoms with Crippen molar-refractivity contribution >= 4 is 11.6 Å². The molecule has 1 aliphatic heterocycles. The van der Waals surface area contributed by atoms with Crippen molar-refractivity contribution in [1.29, 1.82) is 0 Å². The third-order valence-electron chi connectivity index (χ3n) is 4.14. The highest BCUT2D eigenvalue weighted by atomic mass is 35.5. The molecule has 1 fully saturated rings. The molecule has 25 heavy (non-hydrogen) atoms. The van der Waals surface area contributed by atoms with Crippen LogP contribution >= 0.6 is 11.6 Å². The van der Waals surface area contributed by atoms with E-state index in [1.165, 1.54) is 13.2 Å². The molecule has 1 heterocycles. The molecule has 1 N–H and O–H groups in total. The molecule has 3 rings (SSSR count). The Morgan fingerprint density at radius 3 is 2.84 bits per heavy atom. The first-order valence-corrected chi connectivity index (χ1v) is 8.68. The number of ether oxygens (including phenoxy) is 3. The molecule has 4 nitrogen and oxygen atoms in total. The van der Waals surface area contributed by atoms with Gasteiger partial charge in [-0.1, -0.05) is 17.7 Å². The number of hydrogen-bond acceptors (Lipinski definition) is 4. The number of methoxy groups -OCH3 is 1. The highest BCUT2D eigenvalue weighted by Gasteiger charge is 2.18. The van der Waals surface area contributed by atoms with Crippen LogP contribution in [0, 0.1) is 11.7 Å². The van der Waals surface area contributed by atoms with Gasteiger partial charge in [-0.05, 0) is 43.7 Å². The van der Waals surface area contributed by atoms with Gasteiger partial charge in [0.25, 0.3) is 0 Å². The van der Waals surface area contributed by atoms with Gasteiger partial charge < -0.3 is 19.5 Å². The summed E-state index contributed by atoms with van der Waals surface area (Å²) < 4.78 is 31.0. The zero-order valence-corrected chi connectivity index (χ0v) is 14.8. The molecule has 134 valence electrons. The molecular weight excluding hydrogens is 345 g/mol. The van der Waals surface area contributed by atoms with Gasteiger partial charge in [0.15, 0.2) is 23.1 Å². The number of halogens is 2. The topological polar surface area (TPSA) is 39.7 Å². The van der Waals surface area contributed by atoms with Crippen molar-refractivity contribution < 1.29 is 18.6 Å². The summed E-state index contributed by atoms with van der Waals surface area (Å²) in [6, 6.07) is 9.59. The Morgan fingerprint density at radius 2 is 2.08 bits per heavy atom. The second-order valence-electron chi connectivity index (χ2n) is 5.99. The van der Waals surface area contributed by atoms with Crippen LogP contribution in [-0.2, 0) is 0 Å². The number of benzene rings is 2. The summed E-state index contributed by atoms with van der Waals surface area (Å²) in [5.74, 6) is 1.14. The molecule has 0 bridgehead atoms. The van der Waals surface area contributed by atoms with Crippen LogP contribution in [-0.4, -0.2) is 26.8 Å². The lowest BCUT2D eigenvalue weighted by Crippen LogP contribution is -2.33. The van der Waals surface area contributed by atoms with E-state index < -0.39 is 5.82 Å². The molecule has 1 unspecified atom stereocenters. The van der Waals surface area contributed by atoms with Crippen LogP contribution in [0.4, 0.5) is 4.39 Å². The monoisotopic (exact) mass is 365 g/mol. The van der Waals surface area contributed by atoms with Crippen LogP contribution in [0.15, 0.2) is 36.4 Å². The van der Waals surface area contributed by atoms with Gasteiger partial charge in [-0.3, -0.25) is 0 Å². The van der Waals surface area contributed by atoms with E-state index in [-0.39, 0.29) is 5.75 Å². The third kappa shape index (κ3) is 4.55. The first kappa shape index (κ1) is 17.8. The normalized spacial score (nSPS) is 17.2. The van der Waals surface area contributed by atoms with Gasteiger partial charge >= 0.3 is 0 Å². The first-order chi connectivity index (χ1) is 12.2. The first-order valence-electron chi connectivity index (χ1n) is 8.31. The largest absolute Gasteiger partial charge is 0.493 e. The van der Waals surface area contributed by atoms with Crippen LogP contribution < -0.4 is 19.5 Å². The molecule has 1 saturated heterocycles. The Labute approximate surface area is 151 Å². The fourth-order valence-corrected chi connectivity index (χ4v) is 2.98. The number of hydrogen-bond donors (Lipinski definition) is 1. The van der Waals surface area contributed by atoms with E-state index in [9.17, 15) is 4.39 Å². The van der Waals surface area contributed by atoms with Crippen molar-refractivity contribution in [2.24, 2.45) is 5.92 Å². The zero-order chi connectivity index (χ0) is 17.6. The lowest BCUT2D eigenvalue weighted by Gasteiger charge is -2.23. The molecule has 6 heteroatoms. The molecule has 2 aromatic carbocycles. The number of rotatable bonds is 6. The van der Waals surface area contributed by atoms with Crippen LogP contribution in [0.5, 0.6) is 23.0 Å². The van der Waals surface area contributed by atoms with Gasteiger partial charge in [0.05, 0.1) is 13.7 Å². The SMILES string of the molecule is COc1cccc(F)c1Oc1cc(Cl)ccc1OCC1CCCNC1. The Kier molecular flexibility index (Phi) is 6.00. The molecule has 2 aromatic rings. The smallest absolute Gasteiger partial charge is 0.205 e. The second-order valence-corrected chi connectivity index (χ2v) is 6.42. The molecule has 0 radical (unpaired) electrons. The summed E-state index contributed by atoms with van der Waals surface area (Å²) in [5, 5.41) is 3.84. The van der Waals surface area contributed by atoms with E-state index in [2.05, 4.69) is 5.32 Å². The molecular formula is C19H21ClFNO3. The third-order valence-corrected chi connectivity index (χ3v) is 4.38. The van der Waals surface area contributed by atoms with E-state index in [4.69, 9.17) is 25.8 Å². The molecule has 1 atom stereocenters. The molecule has 0 aliphatic carbocycles. The minimum atomic E-state index is -0.512. The minimum Gasteiger partial charge on any atom is -0.493 e. The maximum atomic E-state index is 14.1. The highest BCUT2D eigenvalue weighted by Crippen LogP contribution is 2.39. The summed E-state index contributed by atoms with van der Waals surface area (Å²) in [6.07, 6.45) is 2.27. The molecule has 0 saturated carbocycles. The second kappa shape index (κ2) is 8.41. The Bertz CT molecular complexity index is 720. The average Bonchev–Trinajstić information content (AvgIpc) is 2.63. The Morgan fingerprint density at radius 1 is 1.20 bits per heavy atom. The number of para-hydroxylation sites is 1. The van der Waals surface area contributed by atoms with Crippen molar-refractivity contribution in [3.8, 4) is 23.0 Å². The molecule has 0 spiro atoms. The van der Waals surface area contributed by atoms with Gasteiger partial charge in [0.2, 0.25) is 5.75 Å². The van der Waals surface area contributed by atoms with Gasteiger partial charge in [-0.2, -0.15) is 0 Å². The van der Waals surface area contributed by atoms with Gasteiger partial charge in [-0.25, -0.2) is 4.39 Å². The summed E-state index contributed by atoms with van der Waals surface area (Å²) >= 11 is 6.07. The molecule has 0 amide bonds. The van der Waals surface area contributed by atoms with Crippen molar-refractivity contribution in [2.45, 2.75) is 12.8 Å². The van der Waals surface area contributed by atoms with Crippen LogP contribution in [0.1, 0.15) is 12.8 Å².